The zero-order valence-corrected chi connectivity index (χ0v) is 16.2. The summed E-state index contributed by atoms with van der Waals surface area (Å²) in [5.41, 5.74) is -3.09. The van der Waals surface area contributed by atoms with E-state index in [0.717, 1.165) is 13.7 Å². The molecule has 0 N–H and O–H groups in total. The minimum atomic E-state index is -1.03. The van der Waals surface area contributed by atoms with Gasteiger partial charge in [0.2, 0.25) is 0 Å². The van der Waals surface area contributed by atoms with Gasteiger partial charge in [0.25, 0.3) is 5.56 Å². The molecule has 0 radical (unpaired) electrons. The molecule has 4 rings (SSSR count). The van der Waals surface area contributed by atoms with Gasteiger partial charge in [-0.3, -0.25) is 24.3 Å². The van der Waals surface area contributed by atoms with E-state index in [1.54, 1.807) is 60.7 Å². The predicted octanol–water partition coefficient (Wildman–Crippen LogP) is 2.40. The predicted molar refractivity (Wildman–Crippen MR) is 112 cm³/mol. The van der Waals surface area contributed by atoms with Gasteiger partial charge in [-0.05, 0) is 24.3 Å². The van der Waals surface area contributed by atoms with Gasteiger partial charge in [0, 0.05) is 7.05 Å². The van der Waals surface area contributed by atoms with Gasteiger partial charge >= 0.3 is 16.9 Å². The van der Waals surface area contributed by atoms with Crippen LogP contribution in [0.2, 0.25) is 5.02 Å². The summed E-state index contributed by atoms with van der Waals surface area (Å²) < 4.78 is 2.90. The van der Waals surface area contributed by atoms with Gasteiger partial charge in [0.15, 0.2) is 0 Å². The van der Waals surface area contributed by atoms with Crippen molar-refractivity contribution in [2.75, 3.05) is 0 Å². The van der Waals surface area contributed by atoms with E-state index in [9.17, 15) is 24.5 Å². The number of nitrogens with zero attached hydrogens (tertiary/aromatic N) is 4. The van der Waals surface area contributed by atoms with Crippen LogP contribution in [0.25, 0.3) is 22.4 Å². The van der Waals surface area contributed by atoms with E-state index >= 15 is 0 Å². The van der Waals surface area contributed by atoms with Crippen molar-refractivity contribution in [1.82, 2.24) is 13.7 Å². The van der Waals surface area contributed by atoms with Crippen molar-refractivity contribution < 1.29 is 4.92 Å². The Morgan fingerprint density at radius 1 is 0.833 bits per heavy atom. The van der Waals surface area contributed by atoms with Crippen LogP contribution in [0.5, 0.6) is 0 Å². The molecule has 0 saturated heterocycles. The third-order valence-electron chi connectivity index (χ3n) is 4.70. The molecule has 0 fully saturated rings. The van der Waals surface area contributed by atoms with Gasteiger partial charge in [0.1, 0.15) is 16.1 Å². The van der Waals surface area contributed by atoms with E-state index in [1.165, 1.54) is 7.05 Å². The molecule has 0 spiro atoms. The fourth-order valence-corrected chi connectivity index (χ4v) is 3.66. The van der Waals surface area contributed by atoms with Crippen molar-refractivity contribution in [1.29, 1.82) is 0 Å². The van der Waals surface area contributed by atoms with E-state index in [0.29, 0.717) is 5.69 Å². The lowest BCUT2D eigenvalue weighted by Gasteiger charge is -2.17. The summed E-state index contributed by atoms with van der Waals surface area (Å²) in [6, 6.07) is 16.4. The van der Waals surface area contributed by atoms with Gasteiger partial charge in [-0.25, -0.2) is 13.9 Å². The Kier molecular flexibility index (Phi) is 4.59. The zero-order chi connectivity index (χ0) is 21.6. The van der Waals surface area contributed by atoms with E-state index < -0.39 is 32.4 Å². The van der Waals surface area contributed by atoms with Gasteiger partial charge in [-0.2, -0.15) is 0 Å². The van der Waals surface area contributed by atoms with Gasteiger partial charge in [-0.15, -0.1) is 0 Å². The molecule has 2 heterocycles. The molecule has 0 saturated carbocycles. The molecule has 150 valence electrons. The molecule has 0 atom stereocenters. The zero-order valence-electron chi connectivity index (χ0n) is 15.5. The van der Waals surface area contributed by atoms with Crippen LogP contribution in [0.3, 0.4) is 0 Å². The van der Waals surface area contributed by atoms with Crippen molar-refractivity contribution >= 4 is 28.3 Å². The highest BCUT2D eigenvalue weighted by Gasteiger charge is 2.29. The monoisotopic (exact) mass is 424 g/mol. The number of para-hydroxylation sites is 2. The number of halogens is 1. The molecule has 0 aliphatic carbocycles. The minimum absolute atomic E-state index is 0.135. The summed E-state index contributed by atoms with van der Waals surface area (Å²) in [5, 5.41) is 10.5. The number of fused-ring (bicyclic) bond motifs is 1. The number of benzene rings is 2. The summed E-state index contributed by atoms with van der Waals surface area (Å²) in [6.07, 6.45) is 0. The molecule has 10 heteroatoms. The molecule has 0 aliphatic rings. The van der Waals surface area contributed by atoms with Gasteiger partial charge < -0.3 is 0 Å². The van der Waals surface area contributed by atoms with Crippen molar-refractivity contribution in [2.45, 2.75) is 0 Å². The molecule has 0 unspecified atom stereocenters. The van der Waals surface area contributed by atoms with Crippen molar-refractivity contribution in [2.24, 2.45) is 7.05 Å². The number of rotatable bonds is 3. The molecule has 9 nitrogen and oxygen atoms in total. The molecule has 0 aliphatic heterocycles. The van der Waals surface area contributed by atoms with Crippen LogP contribution >= 0.6 is 11.6 Å². The number of hydrogen-bond acceptors (Lipinski definition) is 5. The number of pyridine rings is 1. The maximum Gasteiger partial charge on any atom is 0.353 e. The quantitative estimate of drug-likeness (QED) is 0.370. The second kappa shape index (κ2) is 7.12. The van der Waals surface area contributed by atoms with Crippen molar-refractivity contribution in [3.63, 3.8) is 0 Å². The molecule has 0 bridgehead atoms. The largest absolute Gasteiger partial charge is 0.353 e. The fraction of sp³-hybridized carbons (Fsp3) is 0.0500. The topological polar surface area (TPSA) is 109 Å². The lowest BCUT2D eigenvalue weighted by Crippen LogP contribution is -2.41. The lowest BCUT2D eigenvalue weighted by atomic mass is 10.2. The smallest absolute Gasteiger partial charge is 0.291 e. The highest BCUT2D eigenvalue weighted by molar-refractivity contribution is 6.37. The Balaban J connectivity index is 2.37. The second-order valence-corrected chi connectivity index (χ2v) is 6.79. The average molecular weight is 425 g/mol. The van der Waals surface area contributed by atoms with Crippen LogP contribution in [-0.4, -0.2) is 18.6 Å². The molecular weight excluding hydrogens is 412 g/mol. The Labute approximate surface area is 172 Å². The lowest BCUT2D eigenvalue weighted by molar-refractivity contribution is -0.386. The van der Waals surface area contributed by atoms with E-state index in [-0.39, 0.29) is 16.7 Å². The number of hydrogen-bond donors (Lipinski definition) is 0. The summed E-state index contributed by atoms with van der Waals surface area (Å²) in [4.78, 5) is 49.9. The maximum atomic E-state index is 13.4. The Morgan fingerprint density at radius 2 is 1.33 bits per heavy atom. The molecule has 2 aromatic carbocycles. The molecule has 30 heavy (non-hydrogen) atoms. The first-order valence-corrected chi connectivity index (χ1v) is 9.08. The minimum Gasteiger partial charge on any atom is -0.291 e. The van der Waals surface area contributed by atoms with E-state index in [1.807, 2.05) is 0 Å². The SMILES string of the molecule is Cn1c(=O)c([N+](=O)[O-])c(Cl)c2c(=O)n(-c3ccccc3)c(=O)n(-c3ccccc3)c21. The fourth-order valence-electron chi connectivity index (χ4n) is 3.35. The highest BCUT2D eigenvalue weighted by Crippen LogP contribution is 2.27. The Morgan fingerprint density at radius 3 is 1.83 bits per heavy atom. The summed E-state index contributed by atoms with van der Waals surface area (Å²) in [5.74, 6) is 0. The first-order valence-electron chi connectivity index (χ1n) is 8.70. The van der Waals surface area contributed by atoms with Crippen LogP contribution in [0.1, 0.15) is 0 Å². The number of nitro groups is 1. The van der Waals surface area contributed by atoms with Crippen molar-refractivity contribution in [3.8, 4) is 11.4 Å². The summed E-state index contributed by atoms with van der Waals surface area (Å²) in [6.45, 7) is 0. The maximum absolute atomic E-state index is 13.4. The summed E-state index contributed by atoms with van der Waals surface area (Å²) >= 11 is 6.21. The third-order valence-corrected chi connectivity index (χ3v) is 5.07. The molecule has 4 aromatic rings. The number of aryl methyl sites for hydroxylation is 1. The average Bonchev–Trinajstić information content (AvgIpc) is 2.73. The first kappa shape index (κ1) is 19.3. The number of aromatic nitrogens is 3. The molecule has 0 amide bonds. The normalized spacial score (nSPS) is 11.0. The third kappa shape index (κ3) is 2.75. The van der Waals surface area contributed by atoms with Gasteiger partial charge in [-0.1, -0.05) is 48.0 Å². The second-order valence-electron chi connectivity index (χ2n) is 6.41. The van der Waals surface area contributed by atoms with Crippen molar-refractivity contribution in [3.05, 3.63) is 107 Å². The van der Waals surface area contributed by atoms with Crippen LogP contribution in [0, 0.1) is 10.1 Å². The van der Waals surface area contributed by atoms with E-state index in [4.69, 9.17) is 11.6 Å². The Bertz CT molecular complexity index is 1490. The first-order chi connectivity index (χ1) is 14.3. The van der Waals surface area contributed by atoms with Crippen LogP contribution in [0.4, 0.5) is 5.69 Å². The van der Waals surface area contributed by atoms with E-state index in [2.05, 4.69) is 0 Å². The highest BCUT2D eigenvalue weighted by atomic mass is 35.5. The summed E-state index contributed by atoms with van der Waals surface area (Å²) in [7, 11) is 1.25. The molecular formula is C20H13ClN4O5. The Hall–Kier alpha value is -3.98. The van der Waals surface area contributed by atoms with Crippen LogP contribution in [0.15, 0.2) is 75.0 Å². The van der Waals surface area contributed by atoms with Gasteiger partial charge in [0.05, 0.1) is 16.3 Å². The van der Waals surface area contributed by atoms with Crippen LogP contribution in [-0.2, 0) is 7.05 Å². The standard InChI is InChI=1S/C20H13ClN4O5/c1-22-17-14(15(21)16(19(22)27)25(29)30)18(26)24(13-10-6-3-7-11-13)20(28)23(17)12-8-4-2-5-9-12/h2-11H,1H3. The van der Waals surface area contributed by atoms with Crippen LogP contribution < -0.4 is 16.8 Å². The molecule has 2 aromatic heterocycles.